The third-order valence-electron chi connectivity index (χ3n) is 20.3. The molecular formula is C91H62N6S. The van der Waals surface area contributed by atoms with Gasteiger partial charge in [0, 0.05) is 82.5 Å². The number of rotatable bonds is 9. The van der Waals surface area contributed by atoms with Crippen molar-refractivity contribution in [3.8, 4) is 83.9 Å². The summed E-state index contributed by atoms with van der Waals surface area (Å²) in [5.41, 5.74) is 29.2. The molecule has 0 aliphatic carbocycles. The fraction of sp³-hybridized carbons (Fsp3) is 0.0549. The number of hydrogen-bond acceptors (Lipinski definition) is 3. The van der Waals surface area contributed by atoms with E-state index in [9.17, 15) is 5.26 Å². The van der Waals surface area contributed by atoms with Crippen molar-refractivity contribution in [2.24, 2.45) is 0 Å². The van der Waals surface area contributed by atoms with Crippen molar-refractivity contribution in [3.63, 3.8) is 0 Å². The minimum atomic E-state index is 0.550. The highest BCUT2D eigenvalue weighted by molar-refractivity contribution is 7.21. The average molecular weight is 1270 g/mol. The molecular weight excluding hydrogens is 1210 g/mol. The molecule has 0 atom stereocenters. The number of benzene rings is 14. The Labute approximate surface area is 570 Å². The molecule has 19 rings (SSSR count). The quantitative estimate of drug-likeness (QED) is 0.145. The van der Waals surface area contributed by atoms with Gasteiger partial charge in [0.2, 0.25) is 0 Å². The Balaban J connectivity index is 0.922. The Kier molecular flexibility index (Phi) is 12.9. The van der Waals surface area contributed by atoms with E-state index in [-0.39, 0.29) is 0 Å². The SMILES string of the molecule is Cc1ccc2c(c1)c1ccccc1n2-c1ccc(-c2c(-c3ccc(-n4c5ccc(C)cc5c5cc(C)ccc54)cc3)c(C#N)c(-c3nc4ccccc4s3)c(-c3ccc(-n4c5ccccc5c5cc(C)ccc54)cc3)c2-c2ccc(-n3c4ccccc4c4cc(C)ccc43)cc2)cc1. The highest BCUT2D eigenvalue weighted by Crippen LogP contribution is 2.55. The first-order chi connectivity index (χ1) is 48.1. The predicted octanol–water partition coefficient (Wildman–Crippen LogP) is 24.4. The zero-order chi connectivity index (χ0) is 65.6. The van der Waals surface area contributed by atoms with E-state index in [0.717, 1.165) is 132 Å². The molecule has 5 heterocycles. The summed E-state index contributed by atoms with van der Waals surface area (Å²) < 4.78 is 10.6. The summed E-state index contributed by atoms with van der Waals surface area (Å²) in [4.78, 5) is 5.56. The number of aromatic nitrogens is 5. The lowest BCUT2D eigenvalue weighted by atomic mass is 9.77. The molecule has 98 heavy (non-hydrogen) atoms. The Morgan fingerprint density at radius 2 is 0.551 bits per heavy atom. The van der Waals surface area contributed by atoms with Crippen LogP contribution in [-0.4, -0.2) is 23.3 Å². The van der Waals surface area contributed by atoms with E-state index < -0.39 is 0 Å². The molecule has 19 aromatic rings. The van der Waals surface area contributed by atoms with Crippen LogP contribution in [0.25, 0.3) is 175 Å². The summed E-state index contributed by atoms with van der Waals surface area (Å²) >= 11 is 1.64. The van der Waals surface area contributed by atoms with E-state index in [0.29, 0.717) is 5.56 Å². The van der Waals surface area contributed by atoms with E-state index in [2.05, 4.69) is 344 Å². The Bertz CT molecular complexity index is 6490. The maximum absolute atomic E-state index is 12.6. The maximum Gasteiger partial charge on any atom is 0.126 e. The molecule has 14 aromatic carbocycles. The fourth-order valence-electron chi connectivity index (χ4n) is 15.9. The molecule has 0 spiro atoms. The number of nitriles is 1. The highest BCUT2D eigenvalue weighted by atomic mass is 32.1. The topological polar surface area (TPSA) is 56.4 Å². The van der Waals surface area contributed by atoms with Gasteiger partial charge in [0.25, 0.3) is 0 Å². The lowest BCUT2D eigenvalue weighted by molar-refractivity contribution is 1.18. The van der Waals surface area contributed by atoms with Gasteiger partial charge in [-0.2, -0.15) is 5.26 Å². The third-order valence-corrected chi connectivity index (χ3v) is 21.4. The molecule has 0 aliphatic heterocycles. The second-order valence-electron chi connectivity index (χ2n) is 26.5. The molecule has 0 radical (unpaired) electrons. The van der Waals surface area contributed by atoms with E-state index in [1.165, 1.54) is 70.9 Å². The van der Waals surface area contributed by atoms with E-state index in [4.69, 9.17) is 4.98 Å². The molecule has 0 saturated carbocycles. The molecule has 6 nitrogen and oxygen atoms in total. The Hall–Kier alpha value is -12.3. The standard InChI is InChI=1S/C91H62N6S/c1-54-22-43-80-70(48-54)67-14-6-10-18-77(67)94(80)63-37-29-60(30-38-63)87-86(59-27-35-66(36-28-59)97-83-46-25-57(4)51-73(83)74-52-58(5)26-47-84(74)97)75(53-92)90(91-93-76-17-9-13-21-85(76)98-91)89(62-33-41-65(42-34-62)96-79-20-12-8-16-69(79)72-50-56(3)24-45-82(72)96)88(87)61-31-39-64(40-32-61)95-78-19-11-7-15-68(78)71-49-55(2)23-44-81(71)95/h6-52H,1-5H3. The summed E-state index contributed by atoms with van der Waals surface area (Å²) in [5.74, 6) is 0. The normalized spacial score (nSPS) is 11.9. The van der Waals surface area contributed by atoms with Crippen LogP contribution in [0.2, 0.25) is 0 Å². The van der Waals surface area contributed by atoms with Crippen molar-refractivity contribution in [2.75, 3.05) is 0 Å². The average Bonchev–Trinajstić information content (AvgIpc) is 0.988. The fourth-order valence-corrected chi connectivity index (χ4v) is 17.0. The van der Waals surface area contributed by atoms with Crippen LogP contribution in [0.5, 0.6) is 0 Å². The zero-order valence-corrected chi connectivity index (χ0v) is 55.5. The molecule has 0 saturated heterocycles. The Morgan fingerprint density at radius 1 is 0.276 bits per heavy atom. The highest BCUT2D eigenvalue weighted by Gasteiger charge is 2.31. The monoisotopic (exact) mass is 1270 g/mol. The first kappa shape index (κ1) is 57.1. The summed E-state index contributed by atoms with van der Waals surface area (Å²) in [6.07, 6.45) is 0. The minimum Gasteiger partial charge on any atom is -0.309 e. The summed E-state index contributed by atoms with van der Waals surface area (Å²) in [5, 5.41) is 23.1. The number of thiazole rings is 1. The maximum atomic E-state index is 12.6. The molecule has 0 unspecified atom stereocenters. The van der Waals surface area contributed by atoms with E-state index in [1.54, 1.807) is 11.3 Å². The van der Waals surface area contributed by atoms with Gasteiger partial charge in [0.05, 0.1) is 59.9 Å². The summed E-state index contributed by atoms with van der Waals surface area (Å²) in [7, 11) is 0. The van der Waals surface area contributed by atoms with Gasteiger partial charge >= 0.3 is 0 Å². The van der Waals surface area contributed by atoms with Gasteiger partial charge in [0.15, 0.2) is 0 Å². The molecule has 0 amide bonds. The van der Waals surface area contributed by atoms with Crippen LogP contribution in [0.4, 0.5) is 0 Å². The number of aryl methyl sites for hydroxylation is 5. The van der Waals surface area contributed by atoms with Crippen LogP contribution in [0, 0.1) is 45.9 Å². The van der Waals surface area contributed by atoms with Gasteiger partial charge in [-0.3, -0.25) is 0 Å². The van der Waals surface area contributed by atoms with Crippen LogP contribution in [-0.2, 0) is 0 Å². The van der Waals surface area contributed by atoms with E-state index >= 15 is 0 Å². The van der Waals surface area contributed by atoms with E-state index in [1.807, 2.05) is 0 Å². The summed E-state index contributed by atoms with van der Waals surface area (Å²) in [6.45, 7) is 10.8. The number of para-hydroxylation sites is 4. The second-order valence-corrected chi connectivity index (χ2v) is 27.6. The summed E-state index contributed by atoms with van der Waals surface area (Å²) in [6, 6.07) is 108. The lowest BCUT2D eigenvalue weighted by Gasteiger charge is -2.26. The number of fused-ring (bicyclic) bond motifs is 13. The van der Waals surface area contributed by atoms with Crippen LogP contribution < -0.4 is 0 Å². The van der Waals surface area contributed by atoms with Crippen molar-refractivity contribution in [3.05, 3.63) is 318 Å². The lowest BCUT2D eigenvalue weighted by Crippen LogP contribution is -2.03. The van der Waals surface area contributed by atoms with Gasteiger partial charge in [-0.1, -0.05) is 173 Å². The van der Waals surface area contributed by atoms with Gasteiger partial charge in [-0.05, 0) is 208 Å². The van der Waals surface area contributed by atoms with Gasteiger partial charge in [-0.25, -0.2) is 4.98 Å². The van der Waals surface area contributed by atoms with Gasteiger partial charge in [0.1, 0.15) is 11.1 Å². The second kappa shape index (κ2) is 22.1. The molecule has 0 N–H and O–H groups in total. The minimum absolute atomic E-state index is 0.550. The third kappa shape index (κ3) is 8.81. The van der Waals surface area contributed by atoms with Crippen LogP contribution in [0.15, 0.2) is 285 Å². The van der Waals surface area contributed by atoms with Crippen LogP contribution >= 0.6 is 11.3 Å². The molecule has 462 valence electrons. The van der Waals surface area contributed by atoms with Gasteiger partial charge in [-0.15, -0.1) is 11.3 Å². The van der Waals surface area contributed by atoms with Crippen LogP contribution in [0.3, 0.4) is 0 Å². The van der Waals surface area contributed by atoms with Gasteiger partial charge < -0.3 is 18.3 Å². The molecule has 5 aromatic heterocycles. The largest absolute Gasteiger partial charge is 0.309 e. The molecule has 0 bridgehead atoms. The molecule has 0 fully saturated rings. The molecule has 7 heteroatoms. The van der Waals surface area contributed by atoms with Crippen LogP contribution in [0.1, 0.15) is 33.4 Å². The zero-order valence-electron chi connectivity index (χ0n) is 54.7. The number of hydrogen-bond donors (Lipinski definition) is 0. The van der Waals surface area contributed by atoms with Crippen molar-refractivity contribution < 1.29 is 0 Å². The van der Waals surface area contributed by atoms with Crippen molar-refractivity contribution in [1.29, 1.82) is 5.26 Å². The number of nitrogens with zero attached hydrogens (tertiary/aromatic N) is 6. The predicted molar refractivity (Wildman–Crippen MR) is 413 cm³/mol. The molecule has 0 aliphatic rings. The van der Waals surface area contributed by atoms with Crippen molar-refractivity contribution in [2.45, 2.75) is 34.6 Å². The van der Waals surface area contributed by atoms with Crippen molar-refractivity contribution >= 4 is 109 Å². The smallest absolute Gasteiger partial charge is 0.126 e. The first-order valence-corrected chi connectivity index (χ1v) is 34.4. The Morgan fingerprint density at radius 3 is 0.888 bits per heavy atom. The van der Waals surface area contributed by atoms with Crippen molar-refractivity contribution in [1.82, 2.24) is 23.3 Å². The first-order valence-electron chi connectivity index (χ1n) is 33.5.